The Labute approximate surface area is 206 Å². The molecule has 4 rings (SSSR count). The molecule has 3 atom stereocenters. The van der Waals surface area contributed by atoms with Crippen molar-refractivity contribution in [3.63, 3.8) is 0 Å². The smallest absolute Gasteiger partial charge is 0.243 e. The molecular formula is C26H29N5O3S. The second-order valence-electron chi connectivity index (χ2n) is 9.20. The van der Waals surface area contributed by atoms with Gasteiger partial charge in [-0.2, -0.15) is 9.57 Å². The highest BCUT2D eigenvalue weighted by atomic mass is 32.2. The van der Waals surface area contributed by atoms with Crippen molar-refractivity contribution < 1.29 is 13.2 Å². The lowest BCUT2D eigenvalue weighted by Crippen LogP contribution is -2.46. The summed E-state index contributed by atoms with van der Waals surface area (Å²) in [6, 6.07) is 16.0. The van der Waals surface area contributed by atoms with E-state index < -0.39 is 27.5 Å². The summed E-state index contributed by atoms with van der Waals surface area (Å²) in [5.74, 6) is 1.81. The van der Waals surface area contributed by atoms with E-state index in [1.165, 1.54) is 4.31 Å². The zero-order chi connectivity index (χ0) is 25.2. The maximum absolute atomic E-state index is 12.9. The summed E-state index contributed by atoms with van der Waals surface area (Å²) in [4.78, 5) is 14.7. The topological polar surface area (TPSA) is 120 Å². The van der Waals surface area contributed by atoms with E-state index in [2.05, 4.69) is 22.2 Å². The van der Waals surface area contributed by atoms with Crippen LogP contribution in [0.4, 0.5) is 0 Å². The van der Waals surface area contributed by atoms with E-state index in [1.807, 2.05) is 43.4 Å². The maximum Gasteiger partial charge on any atom is 0.243 e. The van der Waals surface area contributed by atoms with Gasteiger partial charge in [0.2, 0.25) is 15.9 Å². The van der Waals surface area contributed by atoms with Gasteiger partial charge in [0, 0.05) is 38.5 Å². The summed E-state index contributed by atoms with van der Waals surface area (Å²) >= 11 is 0. The lowest BCUT2D eigenvalue weighted by molar-refractivity contribution is -0.122. The van der Waals surface area contributed by atoms with Crippen molar-refractivity contribution in [3.05, 3.63) is 54.1 Å². The van der Waals surface area contributed by atoms with Crippen LogP contribution in [0, 0.1) is 23.7 Å². The maximum atomic E-state index is 12.9. The number of piperazine rings is 1. The van der Waals surface area contributed by atoms with Crippen molar-refractivity contribution in [1.82, 2.24) is 14.5 Å². The Balaban J connectivity index is 1.44. The van der Waals surface area contributed by atoms with E-state index in [1.54, 1.807) is 12.1 Å². The van der Waals surface area contributed by atoms with Gasteiger partial charge in [-0.1, -0.05) is 36.4 Å². The second-order valence-corrected chi connectivity index (χ2v) is 11.1. The molecule has 35 heavy (non-hydrogen) atoms. The minimum Gasteiger partial charge on any atom is -0.336 e. The van der Waals surface area contributed by atoms with Gasteiger partial charge < -0.3 is 16.0 Å². The van der Waals surface area contributed by atoms with Crippen molar-refractivity contribution in [2.24, 2.45) is 5.73 Å². The summed E-state index contributed by atoms with van der Waals surface area (Å²) in [7, 11) is -1.52. The number of sulfonamides is 1. The van der Waals surface area contributed by atoms with Crippen LogP contribution in [-0.2, 0) is 14.8 Å². The predicted molar refractivity (Wildman–Crippen MR) is 133 cm³/mol. The van der Waals surface area contributed by atoms with Gasteiger partial charge in [0.05, 0.1) is 17.0 Å². The molecule has 0 aromatic heterocycles. The third-order valence-corrected chi connectivity index (χ3v) is 8.69. The first-order chi connectivity index (χ1) is 16.7. The van der Waals surface area contributed by atoms with E-state index in [-0.39, 0.29) is 17.2 Å². The molecule has 2 aromatic carbocycles. The Kier molecular flexibility index (Phi) is 6.98. The average Bonchev–Trinajstić information content (AvgIpc) is 3.59. The molecule has 3 N–H and O–H groups in total. The largest absolute Gasteiger partial charge is 0.336 e. The molecule has 2 aliphatic rings. The van der Waals surface area contributed by atoms with Gasteiger partial charge in [-0.05, 0) is 42.3 Å². The van der Waals surface area contributed by atoms with Crippen molar-refractivity contribution in [2.75, 3.05) is 33.2 Å². The molecule has 1 amide bonds. The Morgan fingerprint density at radius 2 is 1.71 bits per heavy atom. The third-order valence-electron chi connectivity index (χ3n) is 6.78. The monoisotopic (exact) mass is 491 g/mol. The molecule has 0 bridgehead atoms. The number of benzene rings is 2. The molecule has 0 radical (unpaired) electrons. The molecule has 0 unspecified atom stereocenters. The Hall–Kier alpha value is -3.21. The summed E-state index contributed by atoms with van der Waals surface area (Å²) in [5, 5.41) is 12.4. The van der Waals surface area contributed by atoms with E-state index in [0.29, 0.717) is 19.5 Å². The molecular weight excluding hydrogens is 462 g/mol. The van der Waals surface area contributed by atoms with Crippen LogP contribution in [0.25, 0.3) is 11.1 Å². The van der Waals surface area contributed by atoms with Crippen molar-refractivity contribution >= 4 is 15.9 Å². The van der Waals surface area contributed by atoms with Crippen LogP contribution in [0.1, 0.15) is 24.3 Å². The molecule has 1 heterocycles. The highest BCUT2D eigenvalue weighted by molar-refractivity contribution is 7.89. The number of terminal acetylenes is 1. The van der Waals surface area contributed by atoms with Gasteiger partial charge in [-0.25, -0.2) is 8.42 Å². The zero-order valence-corrected chi connectivity index (χ0v) is 20.5. The fourth-order valence-electron chi connectivity index (χ4n) is 4.39. The number of likely N-dealkylation sites (N-methyl/N-ethyl adjacent to an activating group) is 1. The summed E-state index contributed by atoms with van der Waals surface area (Å²) in [5.41, 5.74) is 7.56. The van der Waals surface area contributed by atoms with Crippen molar-refractivity contribution in [1.29, 1.82) is 5.26 Å². The van der Waals surface area contributed by atoms with Crippen LogP contribution in [0.15, 0.2) is 53.4 Å². The lowest BCUT2D eigenvalue weighted by Gasteiger charge is -2.31. The Morgan fingerprint density at radius 3 is 2.26 bits per heavy atom. The molecule has 8 nitrogen and oxygen atoms in total. The van der Waals surface area contributed by atoms with E-state index in [4.69, 9.17) is 12.2 Å². The molecule has 1 aliphatic heterocycles. The summed E-state index contributed by atoms with van der Waals surface area (Å²) in [6.07, 6.45) is 5.84. The van der Waals surface area contributed by atoms with E-state index in [9.17, 15) is 18.5 Å². The first kappa shape index (κ1) is 24.9. The number of amides is 1. The summed E-state index contributed by atoms with van der Waals surface area (Å²) < 4.78 is 27.4. The minimum atomic E-state index is -3.51. The van der Waals surface area contributed by atoms with Crippen molar-refractivity contribution in [3.8, 4) is 29.5 Å². The normalized spacial score (nSPS) is 23.6. The number of hydrogen-bond acceptors (Lipinski definition) is 6. The number of nitrogens with one attached hydrogen (secondary N) is 1. The SMILES string of the molecule is C#CC[C@H](N)C(=O)N[C@]1(C#N)C[C@@H]1c1ccc(-c2ccc(S(=O)(=O)N3CCN(C)CC3)cc2)cc1. The Bertz CT molecular complexity index is 1270. The van der Waals surface area contributed by atoms with Gasteiger partial charge in [-0.15, -0.1) is 12.3 Å². The van der Waals surface area contributed by atoms with Gasteiger partial charge in [0.15, 0.2) is 0 Å². The molecule has 9 heteroatoms. The molecule has 1 saturated carbocycles. The fourth-order valence-corrected chi connectivity index (χ4v) is 5.81. The number of rotatable bonds is 7. The average molecular weight is 492 g/mol. The standard InChI is InChI=1S/C26H29N5O3S/c1-3-4-24(28)25(32)29-26(18-27)17-23(26)21-7-5-19(6-8-21)20-9-11-22(12-10-20)35(33,34)31-15-13-30(2)14-16-31/h1,5-12,23-24H,4,13-17,28H2,2H3,(H,29,32)/t23-,24+,26+/m1/s1. The number of nitriles is 1. The zero-order valence-electron chi connectivity index (χ0n) is 19.6. The van der Waals surface area contributed by atoms with Crippen LogP contribution in [-0.4, -0.2) is 68.3 Å². The third kappa shape index (κ3) is 5.09. The van der Waals surface area contributed by atoms with Gasteiger partial charge in [-0.3, -0.25) is 4.79 Å². The Morgan fingerprint density at radius 1 is 1.14 bits per heavy atom. The fraction of sp³-hybridized carbons (Fsp3) is 0.385. The summed E-state index contributed by atoms with van der Waals surface area (Å²) in [6.45, 7) is 2.42. The number of nitrogens with two attached hydrogens (primary N) is 1. The molecule has 0 spiro atoms. The van der Waals surface area contributed by atoms with Crippen LogP contribution in [0.2, 0.25) is 0 Å². The number of carbonyl (C=O) groups excluding carboxylic acids is 1. The lowest BCUT2D eigenvalue weighted by atomic mass is 10.0. The first-order valence-electron chi connectivity index (χ1n) is 11.5. The number of hydrogen-bond donors (Lipinski definition) is 2. The molecule has 2 aromatic rings. The minimum absolute atomic E-state index is 0.113. The molecule has 2 fully saturated rings. The molecule has 182 valence electrons. The predicted octanol–water partition coefficient (Wildman–Crippen LogP) is 1.51. The van der Waals surface area contributed by atoms with E-state index in [0.717, 1.165) is 29.8 Å². The quantitative estimate of drug-likeness (QED) is 0.567. The molecule has 1 saturated heterocycles. The highest BCUT2D eigenvalue weighted by Gasteiger charge is 2.57. The molecule has 1 aliphatic carbocycles. The highest BCUT2D eigenvalue weighted by Crippen LogP contribution is 2.51. The van der Waals surface area contributed by atoms with Crippen molar-refractivity contribution in [2.45, 2.75) is 35.2 Å². The van der Waals surface area contributed by atoms with Crippen LogP contribution in [0.3, 0.4) is 0 Å². The number of nitrogens with zero attached hydrogens (tertiary/aromatic N) is 3. The van der Waals surface area contributed by atoms with Crippen LogP contribution in [0.5, 0.6) is 0 Å². The second kappa shape index (κ2) is 9.80. The van der Waals surface area contributed by atoms with E-state index >= 15 is 0 Å². The van der Waals surface area contributed by atoms with Crippen LogP contribution >= 0.6 is 0 Å². The van der Waals surface area contributed by atoms with Gasteiger partial charge >= 0.3 is 0 Å². The van der Waals surface area contributed by atoms with Gasteiger partial charge in [0.25, 0.3) is 0 Å². The van der Waals surface area contributed by atoms with Gasteiger partial charge in [0.1, 0.15) is 5.54 Å². The first-order valence-corrected chi connectivity index (χ1v) is 13.0. The van der Waals surface area contributed by atoms with Crippen LogP contribution < -0.4 is 11.1 Å². The number of carbonyl (C=O) groups is 1.